The second-order valence-electron chi connectivity index (χ2n) is 8.20. The maximum Gasteiger partial charge on any atom is 0.411 e. The van der Waals surface area contributed by atoms with E-state index in [2.05, 4.69) is 17.4 Å². The minimum absolute atomic E-state index is 0.0236. The van der Waals surface area contributed by atoms with Gasteiger partial charge in [0, 0.05) is 25.1 Å². The molecular formula is C26H26N2O6. The molecule has 4 rings (SSSR count). The summed E-state index contributed by atoms with van der Waals surface area (Å²) in [6, 6.07) is 17.5. The van der Waals surface area contributed by atoms with E-state index in [-0.39, 0.29) is 30.5 Å². The Labute approximate surface area is 197 Å². The first kappa shape index (κ1) is 23.1. The zero-order chi connectivity index (χ0) is 24.2. The smallest absolute Gasteiger partial charge is 0.411 e. The van der Waals surface area contributed by atoms with Crippen LogP contribution in [0, 0.1) is 5.92 Å². The lowest BCUT2D eigenvalue weighted by molar-refractivity contribution is -0.141. The molecule has 1 unspecified atom stereocenters. The van der Waals surface area contributed by atoms with Crippen LogP contribution in [-0.2, 0) is 9.53 Å². The van der Waals surface area contributed by atoms with E-state index < -0.39 is 23.9 Å². The van der Waals surface area contributed by atoms with Crippen LogP contribution >= 0.6 is 0 Å². The van der Waals surface area contributed by atoms with Gasteiger partial charge in [-0.15, -0.1) is 0 Å². The standard InChI is InChI=1S/C26H26N2O6/c1-3-28(14-16(2)25(30)31)24(29)23-22(12-13-33-23)27-26(32)34-15-21-19-10-6-4-8-17(19)18-9-5-7-11-20(18)21/h4-13,16,21H,3,14-15H2,1-2H3,(H,27,32)(H,30,31). The SMILES string of the molecule is CCN(CC(C)C(=O)O)C(=O)c1occc1NC(=O)OCC1c2ccccc2-c2ccccc21. The van der Waals surface area contributed by atoms with Gasteiger partial charge in [0.05, 0.1) is 17.9 Å². The number of carboxylic acid groups (broad SMARTS) is 1. The van der Waals surface area contributed by atoms with Crippen molar-refractivity contribution < 1.29 is 28.6 Å². The van der Waals surface area contributed by atoms with Crippen molar-refractivity contribution in [2.75, 3.05) is 25.0 Å². The van der Waals surface area contributed by atoms with Gasteiger partial charge in [0.15, 0.2) is 0 Å². The van der Waals surface area contributed by atoms with E-state index in [1.165, 1.54) is 24.2 Å². The fourth-order valence-electron chi connectivity index (χ4n) is 4.23. The lowest BCUT2D eigenvalue weighted by Gasteiger charge is -2.22. The number of furan rings is 1. The van der Waals surface area contributed by atoms with Gasteiger partial charge in [-0.3, -0.25) is 14.9 Å². The Kier molecular flexibility index (Phi) is 6.67. The minimum Gasteiger partial charge on any atom is -0.481 e. The molecule has 176 valence electrons. The van der Waals surface area contributed by atoms with Gasteiger partial charge in [0.25, 0.3) is 5.91 Å². The molecule has 1 aromatic heterocycles. The van der Waals surface area contributed by atoms with E-state index in [4.69, 9.17) is 14.3 Å². The van der Waals surface area contributed by atoms with E-state index in [0.717, 1.165) is 22.3 Å². The topological polar surface area (TPSA) is 109 Å². The van der Waals surface area contributed by atoms with Crippen molar-refractivity contribution in [3.8, 4) is 11.1 Å². The molecule has 0 saturated carbocycles. The summed E-state index contributed by atoms with van der Waals surface area (Å²) in [5.74, 6) is -2.40. The highest BCUT2D eigenvalue weighted by atomic mass is 16.5. The predicted octanol–water partition coefficient (Wildman–Crippen LogP) is 4.82. The number of amides is 2. The van der Waals surface area contributed by atoms with Crippen molar-refractivity contribution in [3.63, 3.8) is 0 Å². The zero-order valence-corrected chi connectivity index (χ0v) is 19.0. The lowest BCUT2D eigenvalue weighted by atomic mass is 9.98. The van der Waals surface area contributed by atoms with Crippen LogP contribution in [0.4, 0.5) is 10.5 Å². The second-order valence-corrected chi connectivity index (χ2v) is 8.20. The van der Waals surface area contributed by atoms with Crippen molar-refractivity contribution in [3.05, 3.63) is 77.7 Å². The monoisotopic (exact) mass is 462 g/mol. The number of rotatable bonds is 8. The molecular weight excluding hydrogens is 436 g/mol. The Morgan fingerprint density at radius 1 is 1.06 bits per heavy atom. The third-order valence-electron chi connectivity index (χ3n) is 6.02. The van der Waals surface area contributed by atoms with Crippen LogP contribution in [-0.4, -0.2) is 47.7 Å². The Morgan fingerprint density at radius 3 is 2.26 bits per heavy atom. The first-order valence-electron chi connectivity index (χ1n) is 11.1. The third-order valence-corrected chi connectivity index (χ3v) is 6.02. The third kappa shape index (κ3) is 4.52. The number of aliphatic carboxylic acids is 1. The molecule has 8 heteroatoms. The van der Waals surface area contributed by atoms with E-state index in [1.54, 1.807) is 6.92 Å². The largest absolute Gasteiger partial charge is 0.481 e. The molecule has 1 aliphatic rings. The highest BCUT2D eigenvalue weighted by molar-refractivity contribution is 6.00. The number of fused-ring (bicyclic) bond motifs is 3. The highest BCUT2D eigenvalue weighted by Gasteiger charge is 2.30. The number of ether oxygens (including phenoxy) is 1. The molecule has 0 radical (unpaired) electrons. The fourth-order valence-corrected chi connectivity index (χ4v) is 4.23. The van der Waals surface area contributed by atoms with E-state index in [9.17, 15) is 14.4 Å². The number of carbonyl (C=O) groups excluding carboxylic acids is 2. The Hall–Kier alpha value is -4.07. The summed E-state index contributed by atoms with van der Waals surface area (Å²) in [6.07, 6.45) is 0.583. The molecule has 0 aliphatic heterocycles. The number of hydrogen-bond acceptors (Lipinski definition) is 5. The Bertz CT molecular complexity index is 1170. The van der Waals surface area contributed by atoms with Gasteiger partial charge < -0.3 is 19.2 Å². The summed E-state index contributed by atoms with van der Waals surface area (Å²) < 4.78 is 10.9. The zero-order valence-electron chi connectivity index (χ0n) is 19.0. The van der Waals surface area contributed by atoms with Gasteiger partial charge in [-0.25, -0.2) is 4.79 Å². The molecule has 0 bridgehead atoms. The van der Waals surface area contributed by atoms with Gasteiger partial charge in [-0.2, -0.15) is 0 Å². The molecule has 0 saturated heterocycles. The Balaban J connectivity index is 1.43. The fraction of sp³-hybridized carbons (Fsp3) is 0.269. The first-order valence-corrected chi connectivity index (χ1v) is 11.1. The summed E-state index contributed by atoms with van der Waals surface area (Å²) in [7, 11) is 0. The second kappa shape index (κ2) is 9.82. The summed E-state index contributed by atoms with van der Waals surface area (Å²) in [5, 5.41) is 11.7. The molecule has 2 aromatic carbocycles. The van der Waals surface area contributed by atoms with Gasteiger partial charge in [0.2, 0.25) is 5.76 Å². The molecule has 3 aromatic rings. The number of carbonyl (C=O) groups is 3. The van der Waals surface area contributed by atoms with Crippen molar-refractivity contribution in [2.45, 2.75) is 19.8 Å². The maximum absolute atomic E-state index is 12.9. The summed E-state index contributed by atoms with van der Waals surface area (Å²) >= 11 is 0. The van der Waals surface area contributed by atoms with Gasteiger partial charge in [0.1, 0.15) is 6.61 Å². The molecule has 1 heterocycles. The van der Waals surface area contributed by atoms with Crippen LogP contribution in [0.2, 0.25) is 0 Å². The number of nitrogens with one attached hydrogen (secondary N) is 1. The predicted molar refractivity (Wildman–Crippen MR) is 126 cm³/mol. The molecule has 1 atom stereocenters. The van der Waals surface area contributed by atoms with Crippen LogP contribution in [0.3, 0.4) is 0 Å². The number of hydrogen-bond donors (Lipinski definition) is 2. The van der Waals surface area contributed by atoms with Crippen molar-refractivity contribution in [1.82, 2.24) is 4.90 Å². The minimum atomic E-state index is -0.998. The molecule has 2 amide bonds. The van der Waals surface area contributed by atoms with E-state index in [0.29, 0.717) is 6.54 Å². The molecule has 8 nitrogen and oxygen atoms in total. The quantitative estimate of drug-likeness (QED) is 0.497. The summed E-state index contributed by atoms with van der Waals surface area (Å²) in [4.78, 5) is 38.0. The maximum atomic E-state index is 12.9. The number of carboxylic acids is 1. The molecule has 1 aliphatic carbocycles. The average Bonchev–Trinajstić information content (AvgIpc) is 3.43. The van der Waals surface area contributed by atoms with Crippen LogP contribution in [0.25, 0.3) is 11.1 Å². The first-order chi connectivity index (χ1) is 16.4. The highest BCUT2D eigenvalue weighted by Crippen LogP contribution is 2.44. The Morgan fingerprint density at radius 2 is 1.68 bits per heavy atom. The molecule has 34 heavy (non-hydrogen) atoms. The van der Waals surface area contributed by atoms with E-state index >= 15 is 0 Å². The molecule has 0 spiro atoms. The van der Waals surface area contributed by atoms with Crippen molar-refractivity contribution in [1.29, 1.82) is 0 Å². The molecule has 2 N–H and O–H groups in total. The number of anilines is 1. The lowest BCUT2D eigenvalue weighted by Crippen LogP contribution is -2.37. The van der Waals surface area contributed by atoms with Crippen molar-refractivity contribution in [2.24, 2.45) is 5.92 Å². The van der Waals surface area contributed by atoms with Crippen molar-refractivity contribution >= 4 is 23.7 Å². The van der Waals surface area contributed by atoms with E-state index in [1.807, 2.05) is 36.4 Å². The van der Waals surface area contributed by atoms with Crippen LogP contribution in [0.5, 0.6) is 0 Å². The number of benzene rings is 2. The average molecular weight is 463 g/mol. The number of nitrogens with zero attached hydrogens (tertiary/aromatic N) is 1. The van der Waals surface area contributed by atoms with Gasteiger partial charge >= 0.3 is 12.1 Å². The normalized spacial score (nSPS) is 13.0. The van der Waals surface area contributed by atoms with Gasteiger partial charge in [-0.1, -0.05) is 55.5 Å². The summed E-state index contributed by atoms with van der Waals surface area (Å²) in [6.45, 7) is 3.72. The molecule has 0 fully saturated rings. The summed E-state index contributed by atoms with van der Waals surface area (Å²) in [5.41, 5.74) is 4.63. The van der Waals surface area contributed by atoms with Crippen LogP contribution in [0.1, 0.15) is 41.4 Å². The van der Waals surface area contributed by atoms with Crippen LogP contribution < -0.4 is 5.32 Å². The van der Waals surface area contributed by atoms with Crippen LogP contribution in [0.15, 0.2) is 65.3 Å². The van der Waals surface area contributed by atoms with Gasteiger partial charge in [-0.05, 0) is 29.2 Å².